The van der Waals surface area contributed by atoms with Gasteiger partial charge >= 0.3 is 14.8 Å². The van der Waals surface area contributed by atoms with Crippen molar-refractivity contribution in [3.63, 3.8) is 0 Å². The molecule has 0 unspecified atom stereocenters. The molecule has 1 aromatic rings. The smallest absolute Gasteiger partial charge is 0.466 e. The minimum absolute atomic E-state index is 0.207. The second-order valence-corrected chi connectivity index (χ2v) is 7.67. The molecule has 0 atom stereocenters. The molecule has 0 N–H and O–H groups in total. The van der Waals surface area contributed by atoms with Crippen molar-refractivity contribution >= 4 is 14.8 Å². The van der Waals surface area contributed by atoms with Crippen molar-refractivity contribution in [2.75, 3.05) is 26.4 Å². The zero-order valence-electron chi connectivity index (χ0n) is 14.4. The van der Waals surface area contributed by atoms with Gasteiger partial charge in [0.2, 0.25) is 0 Å². The summed E-state index contributed by atoms with van der Waals surface area (Å²) in [7, 11) is -2.73. The molecule has 0 aliphatic heterocycles. The van der Waals surface area contributed by atoms with Gasteiger partial charge in [-0.3, -0.25) is 4.79 Å². The van der Waals surface area contributed by atoms with E-state index in [1.54, 1.807) is 0 Å². The minimum Gasteiger partial charge on any atom is -0.466 e. The van der Waals surface area contributed by atoms with Gasteiger partial charge in [0.25, 0.3) is 0 Å². The van der Waals surface area contributed by atoms with E-state index in [2.05, 4.69) is 0 Å². The molecule has 0 spiro atoms. The Morgan fingerprint density at radius 2 is 1.52 bits per heavy atom. The number of benzene rings is 1. The average molecular weight is 340 g/mol. The first kappa shape index (κ1) is 19.8. The Bertz CT molecular complexity index is 421. The summed E-state index contributed by atoms with van der Waals surface area (Å²) in [6.07, 6.45) is 1.06. The fourth-order valence-corrected chi connectivity index (χ4v) is 4.61. The second kappa shape index (κ2) is 11.3. The SMILES string of the molecule is CCO[Si](CCOC(=O)CCc1ccccc1)(OCC)OCC. The maximum absolute atomic E-state index is 11.8. The third-order valence-electron chi connectivity index (χ3n) is 3.22. The molecule has 23 heavy (non-hydrogen) atoms. The summed E-state index contributed by atoms with van der Waals surface area (Å²) in [4.78, 5) is 11.8. The van der Waals surface area contributed by atoms with Crippen molar-refractivity contribution in [2.45, 2.75) is 39.7 Å². The van der Waals surface area contributed by atoms with Gasteiger partial charge in [-0.15, -0.1) is 0 Å². The van der Waals surface area contributed by atoms with Gasteiger partial charge in [0.1, 0.15) is 0 Å². The fraction of sp³-hybridized carbons (Fsp3) is 0.588. The van der Waals surface area contributed by atoms with E-state index in [1.165, 1.54) is 0 Å². The van der Waals surface area contributed by atoms with Crippen LogP contribution < -0.4 is 0 Å². The highest BCUT2D eigenvalue weighted by Crippen LogP contribution is 2.16. The number of carbonyl (C=O) groups is 1. The summed E-state index contributed by atoms with van der Waals surface area (Å²) in [6.45, 7) is 7.55. The molecule has 0 saturated carbocycles. The number of ether oxygens (including phenoxy) is 1. The molecule has 0 aliphatic carbocycles. The molecule has 0 amide bonds. The van der Waals surface area contributed by atoms with Gasteiger partial charge in [-0.2, -0.15) is 0 Å². The van der Waals surface area contributed by atoms with E-state index in [1.807, 2.05) is 51.1 Å². The number of hydrogen-bond acceptors (Lipinski definition) is 5. The van der Waals surface area contributed by atoms with Gasteiger partial charge in [-0.1, -0.05) is 30.3 Å². The van der Waals surface area contributed by atoms with Crippen LogP contribution in [0.15, 0.2) is 30.3 Å². The van der Waals surface area contributed by atoms with E-state index >= 15 is 0 Å². The summed E-state index contributed by atoms with van der Waals surface area (Å²) in [5.74, 6) is -0.207. The lowest BCUT2D eigenvalue weighted by molar-refractivity contribution is -0.143. The molecule has 0 aromatic heterocycles. The molecule has 0 radical (unpaired) electrons. The summed E-state index contributed by atoms with van der Waals surface area (Å²) in [5.41, 5.74) is 1.13. The van der Waals surface area contributed by atoms with Crippen molar-refractivity contribution < 1.29 is 22.8 Å². The normalized spacial score (nSPS) is 11.4. The topological polar surface area (TPSA) is 54.0 Å². The Labute approximate surface area is 140 Å². The molecule has 0 bridgehead atoms. The first-order valence-corrected chi connectivity index (χ1v) is 10.2. The van der Waals surface area contributed by atoms with Crippen molar-refractivity contribution in [1.82, 2.24) is 0 Å². The van der Waals surface area contributed by atoms with Gasteiger partial charge in [-0.05, 0) is 32.8 Å². The minimum atomic E-state index is -2.73. The predicted molar refractivity (Wildman–Crippen MR) is 91.2 cm³/mol. The average Bonchev–Trinajstić information content (AvgIpc) is 2.55. The van der Waals surface area contributed by atoms with Crippen molar-refractivity contribution in [3.8, 4) is 0 Å². The molecule has 5 nitrogen and oxygen atoms in total. The largest absolute Gasteiger partial charge is 0.504 e. The lowest BCUT2D eigenvalue weighted by atomic mass is 10.1. The Morgan fingerprint density at radius 1 is 0.957 bits per heavy atom. The van der Waals surface area contributed by atoms with Crippen LogP contribution in [-0.4, -0.2) is 41.2 Å². The van der Waals surface area contributed by atoms with E-state index in [0.29, 0.717) is 38.7 Å². The second-order valence-electron chi connectivity index (χ2n) is 4.94. The summed E-state index contributed by atoms with van der Waals surface area (Å²) in [5, 5.41) is 0. The van der Waals surface area contributed by atoms with Crippen LogP contribution in [0.5, 0.6) is 0 Å². The molecule has 1 rings (SSSR count). The molecule has 130 valence electrons. The van der Waals surface area contributed by atoms with E-state index in [9.17, 15) is 4.79 Å². The quantitative estimate of drug-likeness (QED) is 0.432. The van der Waals surface area contributed by atoms with Crippen molar-refractivity contribution in [2.24, 2.45) is 0 Å². The maximum Gasteiger partial charge on any atom is 0.504 e. The standard InChI is InChI=1S/C17H28O5Si/c1-4-20-23(21-5-2,22-6-3)15-14-19-17(18)13-12-16-10-8-7-9-11-16/h7-11H,4-6,12-15H2,1-3H3. The van der Waals surface area contributed by atoms with E-state index < -0.39 is 8.80 Å². The molecule has 0 aliphatic rings. The third-order valence-corrected chi connectivity index (χ3v) is 6.23. The predicted octanol–water partition coefficient (Wildman–Crippen LogP) is 3.21. The Morgan fingerprint density at radius 3 is 2.04 bits per heavy atom. The first-order chi connectivity index (χ1) is 11.2. The molecule has 6 heteroatoms. The zero-order valence-corrected chi connectivity index (χ0v) is 15.4. The molecular weight excluding hydrogens is 312 g/mol. The van der Waals surface area contributed by atoms with Crippen LogP contribution in [0, 0.1) is 0 Å². The van der Waals surface area contributed by atoms with Crippen LogP contribution in [-0.2, 0) is 29.2 Å². The highest BCUT2D eigenvalue weighted by molar-refractivity contribution is 6.60. The lowest BCUT2D eigenvalue weighted by Crippen LogP contribution is -2.47. The van der Waals surface area contributed by atoms with Gasteiger partial charge in [0.05, 0.1) is 12.7 Å². The number of aryl methyl sites for hydroxylation is 1. The van der Waals surface area contributed by atoms with Crippen LogP contribution in [0.2, 0.25) is 6.04 Å². The third kappa shape index (κ3) is 7.74. The van der Waals surface area contributed by atoms with Crippen molar-refractivity contribution in [1.29, 1.82) is 0 Å². The summed E-state index contributed by atoms with van der Waals surface area (Å²) >= 11 is 0. The van der Waals surface area contributed by atoms with Crippen LogP contribution in [0.3, 0.4) is 0 Å². The Hall–Kier alpha value is -1.21. The Balaban J connectivity index is 2.37. The highest BCUT2D eigenvalue weighted by atomic mass is 28.4. The molecular formula is C17H28O5Si. The van der Waals surface area contributed by atoms with Crippen LogP contribution >= 0.6 is 0 Å². The number of rotatable bonds is 12. The molecule has 1 aromatic carbocycles. The number of hydrogen-bond donors (Lipinski definition) is 0. The monoisotopic (exact) mass is 340 g/mol. The molecule has 0 saturated heterocycles. The van der Waals surface area contributed by atoms with E-state index in [0.717, 1.165) is 5.56 Å². The van der Waals surface area contributed by atoms with E-state index in [4.69, 9.17) is 18.0 Å². The fourth-order valence-electron chi connectivity index (χ4n) is 2.25. The number of carbonyl (C=O) groups excluding carboxylic acids is 1. The lowest BCUT2D eigenvalue weighted by Gasteiger charge is -2.28. The summed E-state index contributed by atoms with van der Waals surface area (Å²) in [6, 6.07) is 10.4. The van der Waals surface area contributed by atoms with E-state index in [-0.39, 0.29) is 12.6 Å². The van der Waals surface area contributed by atoms with Gasteiger partial charge in [0, 0.05) is 26.2 Å². The van der Waals surface area contributed by atoms with Crippen LogP contribution in [0.1, 0.15) is 32.8 Å². The zero-order chi connectivity index (χ0) is 17.0. The van der Waals surface area contributed by atoms with Gasteiger partial charge in [-0.25, -0.2) is 0 Å². The van der Waals surface area contributed by atoms with Gasteiger partial charge in [0.15, 0.2) is 0 Å². The van der Waals surface area contributed by atoms with Gasteiger partial charge < -0.3 is 18.0 Å². The first-order valence-electron chi connectivity index (χ1n) is 8.27. The molecule has 0 fully saturated rings. The Kier molecular flexibility index (Phi) is 9.78. The van der Waals surface area contributed by atoms with Crippen LogP contribution in [0.4, 0.5) is 0 Å². The van der Waals surface area contributed by atoms with Crippen molar-refractivity contribution in [3.05, 3.63) is 35.9 Å². The van der Waals surface area contributed by atoms with Crippen LogP contribution in [0.25, 0.3) is 0 Å². The maximum atomic E-state index is 11.8. The summed E-state index contributed by atoms with van der Waals surface area (Å²) < 4.78 is 22.5. The highest BCUT2D eigenvalue weighted by Gasteiger charge is 2.40. The molecule has 0 heterocycles. The number of esters is 1.